The summed E-state index contributed by atoms with van der Waals surface area (Å²) < 4.78 is 13.2. The molecule has 0 aliphatic carbocycles. The van der Waals surface area contributed by atoms with Crippen LogP contribution in [0.1, 0.15) is 18.9 Å². The molecule has 1 heterocycles. The summed E-state index contributed by atoms with van der Waals surface area (Å²) >= 11 is 0. The number of hydrogen-bond donors (Lipinski definition) is 2. The molecule has 1 aliphatic heterocycles. The van der Waals surface area contributed by atoms with Crippen molar-refractivity contribution in [1.82, 2.24) is 5.43 Å². The third-order valence-electron chi connectivity index (χ3n) is 2.81. The number of benzene rings is 1. The maximum absolute atomic E-state index is 13.2. The number of nitrogens with two attached hydrogens (primary N) is 1. The molecule has 0 atom stereocenters. The van der Waals surface area contributed by atoms with Gasteiger partial charge in [0, 0.05) is 18.8 Å². The summed E-state index contributed by atoms with van der Waals surface area (Å²) in [5.74, 6) is 5.85. The first-order valence-corrected chi connectivity index (χ1v) is 5.83. The van der Waals surface area contributed by atoms with Crippen LogP contribution in [0.25, 0.3) is 0 Å². The highest BCUT2D eigenvalue weighted by atomic mass is 19.1. The highest BCUT2D eigenvalue weighted by molar-refractivity contribution is 5.97. The second-order valence-electron chi connectivity index (χ2n) is 4.02. The molecule has 1 aromatic carbocycles. The zero-order valence-electron chi connectivity index (χ0n) is 9.91. The third kappa shape index (κ3) is 2.39. The average molecular weight is 236 g/mol. The second-order valence-corrected chi connectivity index (χ2v) is 4.02. The second kappa shape index (κ2) is 5.14. The quantitative estimate of drug-likeness (QED) is 0.353. The number of nitrogens with zero attached hydrogens (tertiary/aromatic N) is 2. The molecule has 0 aromatic heterocycles. The number of anilines is 1. The van der Waals surface area contributed by atoms with Gasteiger partial charge in [-0.3, -0.25) is 10.4 Å². The summed E-state index contributed by atoms with van der Waals surface area (Å²) in [4.78, 5) is 6.28. The molecule has 0 saturated carbocycles. The normalized spacial score (nSPS) is 15.0. The van der Waals surface area contributed by atoms with Gasteiger partial charge in [-0.2, -0.15) is 0 Å². The summed E-state index contributed by atoms with van der Waals surface area (Å²) in [6, 6.07) is 4.83. The molecular weight excluding hydrogens is 219 g/mol. The Morgan fingerprint density at radius 3 is 3.12 bits per heavy atom. The van der Waals surface area contributed by atoms with Gasteiger partial charge in [-0.15, -0.1) is 0 Å². The predicted molar refractivity (Wildman–Crippen MR) is 67.4 cm³/mol. The van der Waals surface area contributed by atoms with Crippen molar-refractivity contribution in [3.05, 3.63) is 29.6 Å². The van der Waals surface area contributed by atoms with Crippen LogP contribution in [0.3, 0.4) is 0 Å². The maximum atomic E-state index is 13.2. The first-order chi connectivity index (χ1) is 8.26. The van der Waals surface area contributed by atoms with Crippen molar-refractivity contribution in [3.63, 3.8) is 0 Å². The van der Waals surface area contributed by atoms with Crippen molar-refractivity contribution in [2.75, 3.05) is 18.0 Å². The van der Waals surface area contributed by atoms with Crippen LogP contribution in [0, 0.1) is 5.82 Å². The number of hydrazine groups is 1. The molecule has 2 rings (SSSR count). The number of halogens is 1. The lowest BCUT2D eigenvalue weighted by Crippen LogP contribution is -2.44. The molecule has 0 spiro atoms. The minimum Gasteiger partial charge on any atom is -0.311 e. The van der Waals surface area contributed by atoms with Crippen LogP contribution >= 0.6 is 0 Å². The molecule has 92 valence electrons. The Morgan fingerprint density at radius 1 is 1.59 bits per heavy atom. The zero-order valence-corrected chi connectivity index (χ0v) is 9.91. The number of fused-ring (bicyclic) bond motifs is 1. The molecule has 0 radical (unpaired) electrons. The molecule has 17 heavy (non-hydrogen) atoms. The predicted octanol–water partition coefficient (Wildman–Crippen LogP) is 1.42. The fraction of sp³-hybridized carbons (Fsp3) is 0.417. The van der Waals surface area contributed by atoms with Gasteiger partial charge in [-0.05, 0) is 30.5 Å². The molecule has 0 amide bonds. The standard InChI is InChI=1S/C12H17FN4/c1-2-6-15-12(16-14)17-7-5-9-3-4-10(13)8-11(9)17/h3-4,8H,2,5-7,14H2,1H3,(H,15,16). The van der Waals surface area contributed by atoms with Crippen molar-refractivity contribution in [2.24, 2.45) is 10.8 Å². The maximum Gasteiger partial charge on any atom is 0.212 e. The van der Waals surface area contributed by atoms with E-state index in [1.165, 1.54) is 12.1 Å². The van der Waals surface area contributed by atoms with Crippen LogP contribution in [-0.4, -0.2) is 19.0 Å². The number of rotatable bonds is 2. The van der Waals surface area contributed by atoms with Crippen molar-refractivity contribution in [3.8, 4) is 0 Å². The lowest BCUT2D eigenvalue weighted by Gasteiger charge is -2.20. The first kappa shape index (κ1) is 11.9. The summed E-state index contributed by atoms with van der Waals surface area (Å²) in [6.07, 6.45) is 1.84. The van der Waals surface area contributed by atoms with Gasteiger partial charge in [0.05, 0.1) is 0 Å². The number of nitrogens with one attached hydrogen (secondary N) is 1. The van der Waals surface area contributed by atoms with Crippen LogP contribution in [-0.2, 0) is 6.42 Å². The summed E-state index contributed by atoms with van der Waals surface area (Å²) in [5, 5.41) is 0. The zero-order chi connectivity index (χ0) is 12.3. The molecule has 5 heteroatoms. The van der Waals surface area contributed by atoms with Gasteiger partial charge < -0.3 is 4.90 Å². The Kier molecular flexibility index (Phi) is 3.58. The van der Waals surface area contributed by atoms with Gasteiger partial charge in [-0.25, -0.2) is 10.2 Å². The highest BCUT2D eigenvalue weighted by Gasteiger charge is 2.23. The summed E-state index contributed by atoms with van der Waals surface area (Å²) in [7, 11) is 0. The SMILES string of the molecule is CCCN=C(NN)N1CCc2ccc(F)cc21. The fourth-order valence-electron chi connectivity index (χ4n) is 2.00. The van der Waals surface area contributed by atoms with Crippen molar-refractivity contribution < 1.29 is 4.39 Å². The third-order valence-corrected chi connectivity index (χ3v) is 2.81. The average Bonchev–Trinajstić information content (AvgIpc) is 2.73. The molecule has 1 aromatic rings. The number of aliphatic imine (C=N–C) groups is 1. The minimum atomic E-state index is -0.234. The van der Waals surface area contributed by atoms with E-state index >= 15 is 0 Å². The van der Waals surface area contributed by atoms with E-state index in [1.54, 1.807) is 0 Å². The number of hydrogen-bond acceptors (Lipinski definition) is 2. The van der Waals surface area contributed by atoms with Gasteiger partial charge in [0.1, 0.15) is 5.82 Å². The van der Waals surface area contributed by atoms with E-state index in [0.29, 0.717) is 12.5 Å². The number of guanidine groups is 1. The van der Waals surface area contributed by atoms with E-state index in [9.17, 15) is 4.39 Å². The van der Waals surface area contributed by atoms with Gasteiger partial charge in [-0.1, -0.05) is 13.0 Å². The lowest BCUT2D eigenvalue weighted by molar-refractivity contribution is 0.628. The van der Waals surface area contributed by atoms with Crippen LogP contribution in [0.5, 0.6) is 0 Å². The molecule has 0 fully saturated rings. The van der Waals surface area contributed by atoms with Crippen molar-refractivity contribution in [2.45, 2.75) is 19.8 Å². The van der Waals surface area contributed by atoms with E-state index in [1.807, 2.05) is 11.0 Å². The Labute approximate surface area is 100 Å². The Morgan fingerprint density at radius 2 is 2.41 bits per heavy atom. The molecule has 0 saturated heterocycles. The molecule has 4 nitrogen and oxygen atoms in total. The van der Waals surface area contributed by atoms with Crippen molar-refractivity contribution in [1.29, 1.82) is 0 Å². The highest BCUT2D eigenvalue weighted by Crippen LogP contribution is 2.28. The van der Waals surface area contributed by atoms with Crippen LogP contribution < -0.4 is 16.2 Å². The van der Waals surface area contributed by atoms with E-state index in [-0.39, 0.29) is 5.82 Å². The smallest absolute Gasteiger partial charge is 0.212 e. The van der Waals surface area contributed by atoms with Crippen LogP contribution in [0.15, 0.2) is 23.2 Å². The summed E-state index contributed by atoms with van der Waals surface area (Å²) in [5.41, 5.74) is 4.58. The van der Waals surface area contributed by atoms with E-state index in [2.05, 4.69) is 17.3 Å². The van der Waals surface area contributed by atoms with Crippen LogP contribution in [0.2, 0.25) is 0 Å². The van der Waals surface area contributed by atoms with E-state index < -0.39 is 0 Å². The van der Waals surface area contributed by atoms with Gasteiger partial charge in [0.15, 0.2) is 0 Å². The first-order valence-electron chi connectivity index (χ1n) is 5.83. The minimum absolute atomic E-state index is 0.234. The largest absolute Gasteiger partial charge is 0.311 e. The molecule has 1 aliphatic rings. The van der Waals surface area contributed by atoms with E-state index in [4.69, 9.17) is 5.84 Å². The molecule has 0 unspecified atom stereocenters. The Hall–Kier alpha value is -1.62. The topological polar surface area (TPSA) is 53.6 Å². The van der Waals surface area contributed by atoms with Crippen LogP contribution in [0.4, 0.5) is 10.1 Å². The Bertz CT molecular complexity index is 431. The van der Waals surface area contributed by atoms with Gasteiger partial charge in [0.2, 0.25) is 5.96 Å². The lowest BCUT2D eigenvalue weighted by atomic mass is 10.2. The molecule has 0 bridgehead atoms. The molecule has 3 N–H and O–H groups in total. The molecular formula is C12H17FN4. The monoisotopic (exact) mass is 236 g/mol. The van der Waals surface area contributed by atoms with Crippen molar-refractivity contribution >= 4 is 11.6 Å². The Balaban J connectivity index is 2.28. The van der Waals surface area contributed by atoms with Gasteiger partial charge in [0.25, 0.3) is 0 Å². The van der Waals surface area contributed by atoms with Gasteiger partial charge >= 0.3 is 0 Å². The fourth-order valence-corrected chi connectivity index (χ4v) is 2.00. The van der Waals surface area contributed by atoms with E-state index in [0.717, 1.165) is 30.6 Å². The summed E-state index contributed by atoms with van der Waals surface area (Å²) in [6.45, 7) is 3.54.